The molecule has 0 atom stereocenters. The second-order valence-corrected chi connectivity index (χ2v) is 4.98. The molecule has 1 aliphatic rings. The normalized spacial score (nSPS) is 17.6. The Morgan fingerprint density at radius 2 is 2.11 bits per heavy atom. The topological polar surface area (TPSA) is 68.2 Å². The molecule has 0 amide bonds. The Bertz CT molecular complexity index is 393. The zero-order valence-electron chi connectivity index (χ0n) is 11.5. The molecule has 6 heteroatoms. The number of aryl methyl sites for hydroxylation is 1. The number of nitrogens with one attached hydrogen (secondary N) is 1. The Morgan fingerprint density at radius 3 is 2.68 bits per heavy atom. The summed E-state index contributed by atoms with van der Waals surface area (Å²) in [5, 5.41) is 7.45. The molecule has 0 spiro atoms. The SMILES string of the molecule is Cn1nccc1CN=C(N)NC1CCCCCC1.I. The maximum absolute atomic E-state index is 5.93. The molecule has 0 saturated heterocycles. The molecule has 0 aliphatic heterocycles. The molecule has 1 fully saturated rings. The first-order valence-corrected chi connectivity index (χ1v) is 6.79. The number of aliphatic imine (C=N–C) groups is 1. The highest BCUT2D eigenvalue weighted by Crippen LogP contribution is 2.16. The Balaban J connectivity index is 0.00000180. The van der Waals surface area contributed by atoms with Gasteiger partial charge in [-0.05, 0) is 18.9 Å². The molecular formula is C13H24IN5. The predicted molar refractivity (Wildman–Crippen MR) is 88.6 cm³/mol. The Labute approximate surface area is 132 Å². The summed E-state index contributed by atoms with van der Waals surface area (Å²) in [6.07, 6.45) is 9.50. The highest BCUT2D eigenvalue weighted by molar-refractivity contribution is 14.0. The zero-order valence-corrected chi connectivity index (χ0v) is 13.8. The molecule has 1 aromatic rings. The van der Waals surface area contributed by atoms with Crippen LogP contribution in [0, 0.1) is 0 Å². The van der Waals surface area contributed by atoms with Crippen LogP contribution in [0.5, 0.6) is 0 Å². The standard InChI is InChI=1S/C13H23N5.HI/c1-18-12(8-9-16-18)10-15-13(14)17-11-6-4-2-3-5-7-11;/h8-9,11H,2-7,10H2,1H3,(H3,14,15,17);1H. The van der Waals surface area contributed by atoms with Crippen LogP contribution >= 0.6 is 24.0 Å². The summed E-state index contributed by atoms with van der Waals surface area (Å²) in [6.45, 7) is 0.585. The van der Waals surface area contributed by atoms with Crippen molar-refractivity contribution in [3.8, 4) is 0 Å². The molecule has 0 unspecified atom stereocenters. The molecule has 1 aliphatic carbocycles. The van der Waals surface area contributed by atoms with E-state index in [1.54, 1.807) is 6.20 Å². The Morgan fingerprint density at radius 1 is 1.42 bits per heavy atom. The number of hydrogen-bond acceptors (Lipinski definition) is 2. The van der Waals surface area contributed by atoms with Crippen LogP contribution in [0.25, 0.3) is 0 Å². The molecule has 1 heterocycles. The van der Waals surface area contributed by atoms with E-state index in [0.29, 0.717) is 18.5 Å². The van der Waals surface area contributed by atoms with E-state index >= 15 is 0 Å². The van der Waals surface area contributed by atoms with Crippen LogP contribution in [0.4, 0.5) is 0 Å². The van der Waals surface area contributed by atoms with Gasteiger partial charge in [0.2, 0.25) is 0 Å². The fourth-order valence-corrected chi connectivity index (χ4v) is 2.40. The van der Waals surface area contributed by atoms with Crippen molar-refractivity contribution in [2.45, 2.75) is 51.1 Å². The van der Waals surface area contributed by atoms with E-state index in [1.165, 1.54) is 38.5 Å². The van der Waals surface area contributed by atoms with E-state index in [1.807, 2.05) is 17.8 Å². The molecule has 2 rings (SSSR count). The van der Waals surface area contributed by atoms with Crippen molar-refractivity contribution in [2.75, 3.05) is 0 Å². The average Bonchev–Trinajstić information content (AvgIpc) is 2.61. The van der Waals surface area contributed by atoms with Crippen molar-refractivity contribution in [2.24, 2.45) is 17.8 Å². The second kappa shape index (κ2) is 8.39. The smallest absolute Gasteiger partial charge is 0.189 e. The first kappa shape index (κ1) is 16.3. The quantitative estimate of drug-likeness (QED) is 0.367. The van der Waals surface area contributed by atoms with E-state index in [4.69, 9.17) is 5.73 Å². The molecule has 1 aromatic heterocycles. The van der Waals surface area contributed by atoms with Gasteiger partial charge in [-0.15, -0.1) is 24.0 Å². The number of nitrogens with two attached hydrogens (primary N) is 1. The van der Waals surface area contributed by atoms with Gasteiger partial charge in [-0.2, -0.15) is 5.10 Å². The summed E-state index contributed by atoms with van der Waals surface area (Å²) in [4.78, 5) is 4.37. The molecule has 0 bridgehead atoms. The van der Waals surface area contributed by atoms with Crippen molar-refractivity contribution >= 4 is 29.9 Å². The fraction of sp³-hybridized carbons (Fsp3) is 0.692. The average molecular weight is 377 g/mol. The molecule has 108 valence electrons. The zero-order chi connectivity index (χ0) is 12.8. The minimum Gasteiger partial charge on any atom is -0.370 e. The molecule has 0 radical (unpaired) electrons. The van der Waals surface area contributed by atoms with Crippen molar-refractivity contribution < 1.29 is 0 Å². The minimum absolute atomic E-state index is 0. The first-order chi connectivity index (χ1) is 8.75. The number of hydrogen-bond donors (Lipinski definition) is 2. The van der Waals surface area contributed by atoms with Gasteiger partial charge in [0.1, 0.15) is 0 Å². The lowest BCUT2D eigenvalue weighted by molar-refractivity contribution is 0.530. The van der Waals surface area contributed by atoms with Gasteiger partial charge in [0, 0.05) is 19.3 Å². The van der Waals surface area contributed by atoms with Crippen molar-refractivity contribution in [1.29, 1.82) is 0 Å². The monoisotopic (exact) mass is 377 g/mol. The molecule has 3 N–H and O–H groups in total. The number of aromatic nitrogens is 2. The lowest BCUT2D eigenvalue weighted by Crippen LogP contribution is -2.39. The molecule has 0 aromatic carbocycles. The molecule has 1 saturated carbocycles. The van der Waals surface area contributed by atoms with E-state index in [0.717, 1.165) is 5.69 Å². The van der Waals surface area contributed by atoms with Crippen molar-refractivity contribution in [1.82, 2.24) is 15.1 Å². The highest BCUT2D eigenvalue weighted by atomic mass is 127. The van der Waals surface area contributed by atoms with E-state index < -0.39 is 0 Å². The van der Waals surface area contributed by atoms with E-state index in [2.05, 4.69) is 15.4 Å². The molecule has 5 nitrogen and oxygen atoms in total. The van der Waals surface area contributed by atoms with Gasteiger partial charge < -0.3 is 11.1 Å². The number of nitrogens with zero attached hydrogens (tertiary/aromatic N) is 3. The highest BCUT2D eigenvalue weighted by Gasteiger charge is 2.12. The van der Waals surface area contributed by atoms with Crippen LogP contribution in [0.15, 0.2) is 17.3 Å². The summed E-state index contributed by atoms with van der Waals surface area (Å²) in [6, 6.07) is 2.46. The van der Waals surface area contributed by atoms with Crippen LogP contribution in [-0.4, -0.2) is 21.8 Å². The predicted octanol–water partition coefficient (Wildman–Crippen LogP) is 2.17. The number of halogens is 1. The van der Waals surface area contributed by atoms with Gasteiger partial charge in [-0.25, -0.2) is 4.99 Å². The summed E-state index contributed by atoms with van der Waals surface area (Å²) < 4.78 is 1.82. The van der Waals surface area contributed by atoms with Gasteiger partial charge >= 0.3 is 0 Å². The van der Waals surface area contributed by atoms with E-state index in [9.17, 15) is 0 Å². The lowest BCUT2D eigenvalue weighted by Gasteiger charge is -2.16. The third-order valence-corrected chi connectivity index (χ3v) is 3.54. The van der Waals surface area contributed by atoms with E-state index in [-0.39, 0.29) is 24.0 Å². The number of guanidine groups is 1. The molecule has 19 heavy (non-hydrogen) atoms. The second-order valence-electron chi connectivity index (χ2n) is 4.98. The lowest BCUT2D eigenvalue weighted by atomic mass is 10.1. The van der Waals surface area contributed by atoms with Crippen LogP contribution < -0.4 is 11.1 Å². The third kappa shape index (κ3) is 5.38. The number of rotatable bonds is 3. The first-order valence-electron chi connectivity index (χ1n) is 6.79. The maximum atomic E-state index is 5.93. The van der Waals surface area contributed by atoms with Crippen molar-refractivity contribution in [3.05, 3.63) is 18.0 Å². The maximum Gasteiger partial charge on any atom is 0.189 e. The third-order valence-electron chi connectivity index (χ3n) is 3.54. The van der Waals surface area contributed by atoms with Gasteiger partial charge in [0.25, 0.3) is 0 Å². The van der Waals surface area contributed by atoms with Gasteiger partial charge in [0.15, 0.2) is 5.96 Å². The largest absolute Gasteiger partial charge is 0.370 e. The Hall–Kier alpha value is -0.790. The summed E-state index contributed by atoms with van der Waals surface area (Å²) >= 11 is 0. The van der Waals surface area contributed by atoms with Crippen LogP contribution in [0.1, 0.15) is 44.2 Å². The molecular weight excluding hydrogens is 353 g/mol. The van der Waals surface area contributed by atoms with Gasteiger partial charge in [-0.1, -0.05) is 25.7 Å². The Kier molecular flexibility index (Phi) is 7.19. The minimum atomic E-state index is 0. The van der Waals surface area contributed by atoms with Gasteiger partial charge in [-0.3, -0.25) is 4.68 Å². The van der Waals surface area contributed by atoms with Crippen LogP contribution in [-0.2, 0) is 13.6 Å². The van der Waals surface area contributed by atoms with Crippen LogP contribution in [0.2, 0.25) is 0 Å². The van der Waals surface area contributed by atoms with Gasteiger partial charge in [0.05, 0.1) is 12.2 Å². The summed E-state index contributed by atoms with van der Waals surface area (Å²) in [5.41, 5.74) is 7.00. The fourth-order valence-electron chi connectivity index (χ4n) is 2.40. The summed E-state index contributed by atoms with van der Waals surface area (Å²) in [7, 11) is 1.92. The summed E-state index contributed by atoms with van der Waals surface area (Å²) in [5.74, 6) is 0.558. The van der Waals surface area contributed by atoms with Crippen LogP contribution in [0.3, 0.4) is 0 Å². The van der Waals surface area contributed by atoms with Crippen molar-refractivity contribution in [3.63, 3.8) is 0 Å².